The number of nitrogens with zero attached hydrogens (tertiary/aromatic N) is 1. The number of benzene rings is 3. The van der Waals surface area contributed by atoms with Gasteiger partial charge < -0.3 is 19.8 Å². The zero-order chi connectivity index (χ0) is 24.0. The van der Waals surface area contributed by atoms with Crippen LogP contribution in [0.3, 0.4) is 0 Å². The van der Waals surface area contributed by atoms with Crippen molar-refractivity contribution >= 4 is 11.1 Å². The second-order valence-corrected chi connectivity index (χ2v) is 9.07. The first kappa shape index (κ1) is 24.6. The third kappa shape index (κ3) is 6.47. The molecule has 0 amide bonds. The normalized spacial score (nSPS) is 12.6. The Morgan fingerprint density at radius 1 is 0.818 bits per heavy atom. The molecule has 4 heteroatoms. The highest BCUT2D eigenvalue weighted by atomic mass is 16.5. The van der Waals surface area contributed by atoms with E-state index in [-0.39, 0.29) is 5.75 Å². The third-order valence-corrected chi connectivity index (χ3v) is 5.70. The maximum atomic E-state index is 10.3. The van der Waals surface area contributed by atoms with Crippen molar-refractivity contribution < 1.29 is 14.9 Å². The first-order chi connectivity index (χ1) is 15.7. The zero-order valence-corrected chi connectivity index (χ0v) is 20.3. The molecule has 3 aromatic rings. The number of likely N-dealkylation sites (N-methyl/N-ethyl adjacent to an activating group) is 1. The van der Waals surface area contributed by atoms with E-state index in [2.05, 4.69) is 36.1 Å². The summed E-state index contributed by atoms with van der Waals surface area (Å²) in [6.45, 7) is 7.24. The van der Waals surface area contributed by atoms with Crippen molar-refractivity contribution in [3.8, 4) is 11.5 Å². The van der Waals surface area contributed by atoms with E-state index in [0.717, 1.165) is 46.5 Å². The van der Waals surface area contributed by atoms with Gasteiger partial charge in [-0.25, -0.2) is 0 Å². The molecule has 0 atom stereocenters. The van der Waals surface area contributed by atoms with Crippen LogP contribution in [0.4, 0.5) is 0 Å². The summed E-state index contributed by atoms with van der Waals surface area (Å²) in [5, 5.41) is 20.2. The Morgan fingerprint density at radius 3 is 1.82 bits per heavy atom. The van der Waals surface area contributed by atoms with Gasteiger partial charge in [0.05, 0.1) is 5.60 Å². The Bertz CT molecular complexity index is 1060. The minimum atomic E-state index is -0.878. The largest absolute Gasteiger partial charge is 0.508 e. The molecule has 0 saturated carbocycles. The molecule has 0 radical (unpaired) electrons. The standard InChI is InChI=1S/C29H35NO3/c1-6-27(21-7-13-24(14-8-21)29(2,3)32)28(22-9-15-25(31)16-10-22)23-11-17-26(18-12-23)33-20-19-30(4)5/h7-18,31-32H,6,19-20H2,1-5H3/b28-27-. The lowest BCUT2D eigenvalue weighted by atomic mass is 9.87. The van der Waals surface area contributed by atoms with Crippen molar-refractivity contribution in [3.63, 3.8) is 0 Å². The number of hydrogen-bond acceptors (Lipinski definition) is 4. The summed E-state index contributed by atoms with van der Waals surface area (Å²) < 4.78 is 5.87. The first-order valence-corrected chi connectivity index (χ1v) is 11.4. The Balaban J connectivity index is 2.05. The van der Waals surface area contributed by atoms with E-state index in [1.165, 1.54) is 5.57 Å². The molecule has 0 fully saturated rings. The lowest BCUT2D eigenvalue weighted by Crippen LogP contribution is -2.19. The van der Waals surface area contributed by atoms with Gasteiger partial charge in [0, 0.05) is 6.54 Å². The summed E-state index contributed by atoms with van der Waals surface area (Å²) >= 11 is 0. The van der Waals surface area contributed by atoms with Crippen molar-refractivity contribution in [1.82, 2.24) is 4.90 Å². The summed E-state index contributed by atoms with van der Waals surface area (Å²) in [5.74, 6) is 1.09. The van der Waals surface area contributed by atoms with E-state index in [9.17, 15) is 10.2 Å². The average Bonchev–Trinajstić information content (AvgIpc) is 2.78. The van der Waals surface area contributed by atoms with Crippen LogP contribution in [0.25, 0.3) is 11.1 Å². The number of rotatable bonds is 9. The Morgan fingerprint density at radius 2 is 1.33 bits per heavy atom. The molecule has 3 rings (SSSR count). The van der Waals surface area contributed by atoms with Crippen LogP contribution in [0, 0.1) is 0 Å². The van der Waals surface area contributed by atoms with E-state index >= 15 is 0 Å². The maximum absolute atomic E-state index is 10.3. The molecular weight excluding hydrogens is 410 g/mol. The minimum Gasteiger partial charge on any atom is -0.508 e. The van der Waals surface area contributed by atoms with Gasteiger partial charge in [0.1, 0.15) is 18.1 Å². The van der Waals surface area contributed by atoms with Crippen molar-refractivity contribution in [1.29, 1.82) is 0 Å². The lowest BCUT2D eigenvalue weighted by Gasteiger charge is -2.20. The molecule has 0 bridgehead atoms. The summed E-state index contributed by atoms with van der Waals surface area (Å²) in [5.41, 5.74) is 5.56. The van der Waals surface area contributed by atoms with Crippen LogP contribution in [-0.2, 0) is 5.60 Å². The van der Waals surface area contributed by atoms with Gasteiger partial charge >= 0.3 is 0 Å². The van der Waals surface area contributed by atoms with E-state index in [1.807, 2.05) is 50.5 Å². The van der Waals surface area contributed by atoms with Crippen LogP contribution in [0.15, 0.2) is 72.8 Å². The van der Waals surface area contributed by atoms with Gasteiger partial charge in [-0.15, -0.1) is 0 Å². The molecule has 0 aliphatic carbocycles. The number of hydrogen-bond donors (Lipinski definition) is 2. The highest BCUT2D eigenvalue weighted by Crippen LogP contribution is 2.36. The van der Waals surface area contributed by atoms with Crippen molar-refractivity contribution in [2.24, 2.45) is 0 Å². The summed E-state index contributed by atoms with van der Waals surface area (Å²) in [6, 6.07) is 23.7. The third-order valence-electron chi connectivity index (χ3n) is 5.70. The Kier molecular flexibility index (Phi) is 7.96. The fraction of sp³-hybridized carbons (Fsp3) is 0.310. The maximum Gasteiger partial charge on any atom is 0.119 e. The number of ether oxygens (including phenoxy) is 1. The summed E-state index contributed by atoms with van der Waals surface area (Å²) in [7, 11) is 4.06. The summed E-state index contributed by atoms with van der Waals surface area (Å²) in [4.78, 5) is 2.09. The van der Waals surface area contributed by atoms with Crippen LogP contribution >= 0.6 is 0 Å². The van der Waals surface area contributed by atoms with Gasteiger partial charge in [-0.1, -0.05) is 55.5 Å². The predicted octanol–water partition coefficient (Wildman–Crippen LogP) is 5.93. The van der Waals surface area contributed by atoms with Crippen molar-refractivity contribution in [2.75, 3.05) is 27.2 Å². The quantitative estimate of drug-likeness (QED) is 0.401. The average molecular weight is 446 g/mol. The van der Waals surface area contributed by atoms with Crippen molar-refractivity contribution in [2.45, 2.75) is 32.8 Å². The minimum absolute atomic E-state index is 0.246. The smallest absolute Gasteiger partial charge is 0.119 e. The second-order valence-electron chi connectivity index (χ2n) is 9.07. The molecule has 0 spiro atoms. The molecule has 0 unspecified atom stereocenters. The van der Waals surface area contributed by atoms with Crippen LogP contribution in [0.1, 0.15) is 49.4 Å². The fourth-order valence-electron chi connectivity index (χ4n) is 3.81. The van der Waals surface area contributed by atoms with Gasteiger partial charge in [-0.3, -0.25) is 0 Å². The highest BCUT2D eigenvalue weighted by molar-refractivity contribution is 5.98. The van der Waals surface area contributed by atoms with Crippen LogP contribution < -0.4 is 4.74 Å². The number of phenols is 1. The molecule has 4 nitrogen and oxygen atoms in total. The lowest BCUT2D eigenvalue weighted by molar-refractivity contribution is 0.0786. The molecule has 0 heterocycles. The molecule has 0 aliphatic rings. The van der Waals surface area contributed by atoms with Gasteiger partial charge in [-0.2, -0.15) is 0 Å². The Hall–Kier alpha value is -3.08. The molecule has 0 aliphatic heterocycles. The van der Waals surface area contributed by atoms with E-state index in [1.54, 1.807) is 26.0 Å². The zero-order valence-electron chi connectivity index (χ0n) is 20.3. The van der Waals surface area contributed by atoms with Gasteiger partial charge in [0.25, 0.3) is 0 Å². The fourth-order valence-corrected chi connectivity index (χ4v) is 3.81. The van der Waals surface area contributed by atoms with E-state index in [0.29, 0.717) is 6.61 Å². The predicted molar refractivity (Wildman–Crippen MR) is 136 cm³/mol. The topological polar surface area (TPSA) is 52.9 Å². The van der Waals surface area contributed by atoms with Crippen LogP contribution in [0.2, 0.25) is 0 Å². The first-order valence-electron chi connectivity index (χ1n) is 11.4. The Labute approximate surface area is 197 Å². The van der Waals surface area contributed by atoms with Gasteiger partial charge in [-0.05, 0) is 92.0 Å². The van der Waals surface area contributed by atoms with E-state index in [4.69, 9.17) is 4.74 Å². The van der Waals surface area contributed by atoms with Gasteiger partial charge in [0.2, 0.25) is 0 Å². The highest BCUT2D eigenvalue weighted by Gasteiger charge is 2.17. The molecule has 0 saturated heterocycles. The number of allylic oxidation sites excluding steroid dienone is 1. The molecular formula is C29H35NO3. The molecule has 0 aromatic heterocycles. The summed E-state index contributed by atoms with van der Waals surface area (Å²) in [6.07, 6.45) is 0.833. The second kappa shape index (κ2) is 10.7. The molecule has 33 heavy (non-hydrogen) atoms. The van der Waals surface area contributed by atoms with Crippen LogP contribution in [-0.4, -0.2) is 42.4 Å². The number of phenolic OH excluding ortho intramolecular Hbond substituents is 1. The molecule has 2 N–H and O–H groups in total. The van der Waals surface area contributed by atoms with Gasteiger partial charge in [0.15, 0.2) is 0 Å². The SMILES string of the molecule is CC/C(=C(\c1ccc(O)cc1)c1ccc(OCCN(C)C)cc1)c1ccc(C(C)(C)O)cc1. The number of aromatic hydroxyl groups is 1. The van der Waals surface area contributed by atoms with Crippen molar-refractivity contribution in [3.05, 3.63) is 95.1 Å². The molecule has 174 valence electrons. The van der Waals surface area contributed by atoms with Crippen LogP contribution in [0.5, 0.6) is 11.5 Å². The monoisotopic (exact) mass is 445 g/mol. The van der Waals surface area contributed by atoms with E-state index < -0.39 is 5.60 Å². The molecule has 3 aromatic carbocycles. The number of aliphatic hydroxyl groups is 1.